The summed E-state index contributed by atoms with van der Waals surface area (Å²) >= 11 is 0. The molecule has 0 saturated heterocycles. The highest BCUT2D eigenvalue weighted by molar-refractivity contribution is 5.99. The maximum Gasteiger partial charge on any atom is 0.416 e. The monoisotopic (exact) mass is 376 g/mol. The Labute approximate surface area is 154 Å². The van der Waals surface area contributed by atoms with E-state index in [1.54, 1.807) is 12.3 Å². The van der Waals surface area contributed by atoms with Gasteiger partial charge in [0.25, 0.3) is 0 Å². The zero-order valence-corrected chi connectivity index (χ0v) is 14.9. The highest BCUT2D eigenvalue weighted by atomic mass is 19.4. The Kier molecular flexibility index (Phi) is 3.90. The molecule has 0 aromatic heterocycles. The maximum absolute atomic E-state index is 13.3. The van der Waals surface area contributed by atoms with E-state index in [9.17, 15) is 18.0 Å². The van der Waals surface area contributed by atoms with Gasteiger partial charge in [-0.25, -0.2) is 0 Å². The number of alkyl halides is 3. The summed E-state index contributed by atoms with van der Waals surface area (Å²) in [4.78, 5) is 12.9. The SMILES string of the molecule is CC[C@@]1(c2cccc(C(F)(F)F)c2)C2=CN=NC2NC2=C1C(=O)N[C@H](C)C2. The number of nitrogens with one attached hydrogen (secondary N) is 2. The summed E-state index contributed by atoms with van der Waals surface area (Å²) in [7, 11) is 0. The van der Waals surface area contributed by atoms with Crippen LogP contribution in [0.2, 0.25) is 0 Å². The number of hydrogen-bond acceptors (Lipinski definition) is 4. The van der Waals surface area contributed by atoms with E-state index in [2.05, 4.69) is 20.9 Å². The molecule has 0 fully saturated rings. The normalized spacial score (nSPS) is 29.7. The first kappa shape index (κ1) is 17.8. The van der Waals surface area contributed by atoms with Crippen LogP contribution in [0.5, 0.6) is 0 Å². The van der Waals surface area contributed by atoms with Crippen LogP contribution in [0.15, 0.2) is 57.5 Å². The molecule has 8 heteroatoms. The first-order chi connectivity index (χ1) is 12.8. The van der Waals surface area contributed by atoms with Crippen LogP contribution in [0, 0.1) is 0 Å². The molecule has 2 N–H and O–H groups in total. The van der Waals surface area contributed by atoms with Gasteiger partial charge in [0, 0.05) is 23.7 Å². The van der Waals surface area contributed by atoms with Crippen molar-refractivity contribution in [1.82, 2.24) is 10.6 Å². The highest BCUT2D eigenvalue weighted by Crippen LogP contribution is 2.51. The molecule has 3 atom stereocenters. The fourth-order valence-electron chi connectivity index (χ4n) is 4.39. The van der Waals surface area contributed by atoms with E-state index in [1.807, 2.05) is 13.8 Å². The fraction of sp³-hybridized carbons (Fsp3) is 0.421. The smallest absolute Gasteiger partial charge is 0.362 e. The number of carbonyl (C=O) groups excluding carboxylic acids is 1. The molecule has 1 amide bonds. The summed E-state index contributed by atoms with van der Waals surface area (Å²) in [5, 5.41) is 14.3. The van der Waals surface area contributed by atoms with Crippen LogP contribution >= 0.6 is 0 Å². The molecule has 1 aromatic rings. The Morgan fingerprint density at radius 1 is 1.30 bits per heavy atom. The van der Waals surface area contributed by atoms with Gasteiger partial charge in [-0.2, -0.15) is 23.4 Å². The third kappa shape index (κ3) is 2.57. The lowest BCUT2D eigenvalue weighted by atomic mass is 9.62. The van der Waals surface area contributed by atoms with Gasteiger partial charge < -0.3 is 10.6 Å². The number of fused-ring (bicyclic) bond motifs is 1. The number of azo groups is 1. The molecule has 0 bridgehead atoms. The summed E-state index contributed by atoms with van der Waals surface area (Å²) in [5.41, 5.74) is 0.600. The second-order valence-corrected chi connectivity index (χ2v) is 7.13. The summed E-state index contributed by atoms with van der Waals surface area (Å²) in [5.74, 6) is -0.262. The van der Waals surface area contributed by atoms with Crippen molar-refractivity contribution in [2.75, 3.05) is 0 Å². The quantitative estimate of drug-likeness (QED) is 0.825. The number of rotatable bonds is 2. The van der Waals surface area contributed by atoms with Crippen LogP contribution in [0.4, 0.5) is 13.2 Å². The predicted molar refractivity (Wildman–Crippen MR) is 92.5 cm³/mol. The number of benzene rings is 1. The number of halogens is 3. The van der Waals surface area contributed by atoms with Crippen molar-refractivity contribution in [3.05, 3.63) is 58.4 Å². The molecule has 1 unspecified atom stereocenters. The summed E-state index contributed by atoms with van der Waals surface area (Å²) < 4.78 is 40.0. The van der Waals surface area contributed by atoms with Crippen LogP contribution in [0.25, 0.3) is 0 Å². The molecule has 0 spiro atoms. The Morgan fingerprint density at radius 2 is 2.07 bits per heavy atom. The minimum absolute atomic E-state index is 0.0660. The number of amides is 1. The molecule has 0 radical (unpaired) electrons. The largest absolute Gasteiger partial charge is 0.416 e. The molecule has 3 aliphatic rings. The average molecular weight is 376 g/mol. The van der Waals surface area contributed by atoms with E-state index < -0.39 is 23.3 Å². The molecular weight excluding hydrogens is 357 g/mol. The van der Waals surface area contributed by atoms with Crippen LogP contribution in [0.3, 0.4) is 0 Å². The van der Waals surface area contributed by atoms with Crippen molar-refractivity contribution in [2.24, 2.45) is 10.2 Å². The van der Waals surface area contributed by atoms with Crippen LogP contribution in [0.1, 0.15) is 37.8 Å². The molecule has 27 heavy (non-hydrogen) atoms. The standard InChI is InChI=1S/C19H19F3N4O/c1-3-18(11-5-4-6-12(8-11)19(20,21)22)13-9-23-26-16(13)25-14-7-10(2)24-17(27)15(14)18/h4-6,8-10,16,25H,3,7H2,1-2H3,(H,24,27)/t10-,16?,18-/m1/s1. The van der Waals surface area contributed by atoms with Crippen LogP contribution in [-0.2, 0) is 16.4 Å². The molecule has 3 aliphatic heterocycles. The van der Waals surface area contributed by atoms with Gasteiger partial charge in [0.1, 0.15) is 0 Å². The highest BCUT2D eigenvalue weighted by Gasteiger charge is 2.52. The van der Waals surface area contributed by atoms with Gasteiger partial charge in [-0.15, -0.1) is 0 Å². The number of nitrogens with zero attached hydrogens (tertiary/aromatic N) is 2. The maximum atomic E-state index is 13.3. The lowest BCUT2D eigenvalue weighted by molar-refractivity contribution is -0.137. The molecule has 1 aromatic carbocycles. The second kappa shape index (κ2) is 5.94. The molecule has 3 heterocycles. The van der Waals surface area contributed by atoms with Gasteiger partial charge in [-0.1, -0.05) is 25.1 Å². The van der Waals surface area contributed by atoms with Gasteiger partial charge in [0.2, 0.25) is 5.91 Å². The van der Waals surface area contributed by atoms with Crippen molar-refractivity contribution in [2.45, 2.75) is 50.5 Å². The van der Waals surface area contributed by atoms with Gasteiger partial charge in [-0.05, 0) is 25.0 Å². The van der Waals surface area contributed by atoms with Crippen molar-refractivity contribution in [3.63, 3.8) is 0 Å². The topological polar surface area (TPSA) is 65.8 Å². The van der Waals surface area contributed by atoms with E-state index in [1.165, 1.54) is 6.07 Å². The first-order valence-corrected chi connectivity index (χ1v) is 8.86. The van der Waals surface area contributed by atoms with E-state index >= 15 is 0 Å². The minimum atomic E-state index is -4.46. The van der Waals surface area contributed by atoms with Gasteiger partial charge in [0.05, 0.1) is 22.8 Å². The van der Waals surface area contributed by atoms with Gasteiger partial charge >= 0.3 is 6.18 Å². The van der Waals surface area contributed by atoms with E-state index in [4.69, 9.17) is 0 Å². The zero-order chi connectivity index (χ0) is 19.4. The van der Waals surface area contributed by atoms with Gasteiger partial charge in [-0.3, -0.25) is 4.79 Å². The second-order valence-electron chi connectivity index (χ2n) is 7.13. The van der Waals surface area contributed by atoms with Crippen molar-refractivity contribution >= 4 is 5.91 Å². The molecule has 5 nitrogen and oxygen atoms in total. The number of hydrogen-bond donors (Lipinski definition) is 2. The molecule has 0 saturated carbocycles. The van der Waals surface area contributed by atoms with E-state index in [-0.39, 0.29) is 11.9 Å². The zero-order valence-electron chi connectivity index (χ0n) is 14.9. The Morgan fingerprint density at radius 3 is 2.78 bits per heavy atom. The van der Waals surface area contributed by atoms with Gasteiger partial charge in [0.15, 0.2) is 6.17 Å². The lowest BCUT2D eigenvalue weighted by Crippen LogP contribution is -2.55. The average Bonchev–Trinajstić information content (AvgIpc) is 3.07. The summed E-state index contributed by atoms with van der Waals surface area (Å²) in [6, 6.07) is 5.15. The fourth-order valence-corrected chi connectivity index (χ4v) is 4.39. The lowest BCUT2D eigenvalue weighted by Gasteiger charge is -2.46. The molecular formula is C19H19F3N4O. The number of carbonyl (C=O) groups is 1. The summed E-state index contributed by atoms with van der Waals surface area (Å²) in [6.07, 6.45) is -2.37. The van der Waals surface area contributed by atoms with E-state index in [0.29, 0.717) is 29.6 Å². The van der Waals surface area contributed by atoms with Crippen molar-refractivity contribution in [3.8, 4) is 0 Å². The minimum Gasteiger partial charge on any atom is -0.362 e. The Balaban J connectivity index is 1.98. The summed E-state index contributed by atoms with van der Waals surface area (Å²) in [6.45, 7) is 3.76. The van der Waals surface area contributed by atoms with E-state index in [0.717, 1.165) is 17.8 Å². The molecule has 142 valence electrons. The van der Waals surface area contributed by atoms with Crippen molar-refractivity contribution in [1.29, 1.82) is 0 Å². The predicted octanol–water partition coefficient (Wildman–Crippen LogP) is 3.79. The molecule has 0 aliphatic carbocycles. The van der Waals surface area contributed by atoms with Crippen LogP contribution in [-0.4, -0.2) is 18.1 Å². The third-order valence-corrected chi connectivity index (χ3v) is 5.53. The Bertz CT molecular complexity index is 902. The first-order valence-electron chi connectivity index (χ1n) is 8.86. The molecule has 4 rings (SSSR count). The third-order valence-electron chi connectivity index (χ3n) is 5.53. The Hall–Kier alpha value is -2.64. The van der Waals surface area contributed by atoms with Crippen molar-refractivity contribution < 1.29 is 18.0 Å². The van der Waals surface area contributed by atoms with Crippen LogP contribution < -0.4 is 10.6 Å².